The Bertz CT molecular complexity index is 328. The van der Waals surface area contributed by atoms with Crippen molar-refractivity contribution in [1.82, 2.24) is 10.2 Å². The predicted molar refractivity (Wildman–Crippen MR) is 71.2 cm³/mol. The van der Waals surface area contributed by atoms with Gasteiger partial charge in [-0.2, -0.15) is 0 Å². The van der Waals surface area contributed by atoms with E-state index in [0.29, 0.717) is 6.04 Å². The third kappa shape index (κ3) is 2.28. The van der Waals surface area contributed by atoms with Gasteiger partial charge in [-0.15, -0.1) is 0 Å². The summed E-state index contributed by atoms with van der Waals surface area (Å²) < 4.78 is 0. The number of aliphatic hydroxyl groups excluding tert-OH is 1. The number of carbonyl (C=O) groups excluding carboxylic acids is 1. The van der Waals surface area contributed by atoms with Gasteiger partial charge in [0.25, 0.3) is 0 Å². The van der Waals surface area contributed by atoms with Crippen molar-refractivity contribution in [3.05, 3.63) is 0 Å². The van der Waals surface area contributed by atoms with Gasteiger partial charge in [-0.05, 0) is 19.3 Å². The SMILES string of the molecule is CC(C)NC1CCCN(C2CC(O)C2(C)C)C1=O. The Labute approximate surface area is 110 Å². The maximum absolute atomic E-state index is 12.5. The molecular weight excluding hydrogens is 228 g/mol. The summed E-state index contributed by atoms with van der Waals surface area (Å²) >= 11 is 0. The van der Waals surface area contributed by atoms with Gasteiger partial charge in [0.05, 0.1) is 12.1 Å². The molecule has 4 nitrogen and oxygen atoms in total. The van der Waals surface area contributed by atoms with Crippen LogP contribution in [0, 0.1) is 5.41 Å². The van der Waals surface area contributed by atoms with Gasteiger partial charge in [0.15, 0.2) is 0 Å². The van der Waals surface area contributed by atoms with Crippen molar-refractivity contribution < 1.29 is 9.90 Å². The molecule has 1 amide bonds. The summed E-state index contributed by atoms with van der Waals surface area (Å²) in [5, 5.41) is 13.2. The van der Waals surface area contributed by atoms with Gasteiger partial charge in [0.1, 0.15) is 0 Å². The van der Waals surface area contributed by atoms with Gasteiger partial charge in [0.2, 0.25) is 5.91 Å². The van der Waals surface area contributed by atoms with Crippen molar-refractivity contribution in [3.63, 3.8) is 0 Å². The van der Waals surface area contributed by atoms with Crippen molar-refractivity contribution in [2.75, 3.05) is 6.54 Å². The van der Waals surface area contributed by atoms with E-state index in [1.54, 1.807) is 0 Å². The average Bonchev–Trinajstić information content (AvgIpc) is 2.29. The van der Waals surface area contributed by atoms with Crippen LogP contribution in [0.3, 0.4) is 0 Å². The van der Waals surface area contributed by atoms with Crippen LogP contribution < -0.4 is 5.32 Å². The number of aliphatic hydroxyl groups is 1. The maximum Gasteiger partial charge on any atom is 0.239 e. The molecule has 2 N–H and O–H groups in total. The van der Waals surface area contributed by atoms with E-state index in [-0.39, 0.29) is 29.5 Å². The molecular formula is C14H26N2O2. The largest absolute Gasteiger partial charge is 0.392 e. The molecule has 0 aromatic heterocycles. The molecule has 1 heterocycles. The second kappa shape index (κ2) is 4.82. The van der Waals surface area contributed by atoms with E-state index in [9.17, 15) is 9.90 Å². The molecule has 1 aliphatic heterocycles. The highest BCUT2D eigenvalue weighted by molar-refractivity contribution is 5.83. The van der Waals surface area contributed by atoms with Gasteiger partial charge in [0, 0.05) is 24.0 Å². The monoisotopic (exact) mass is 254 g/mol. The Hall–Kier alpha value is -0.610. The minimum Gasteiger partial charge on any atom is -0.392 e. The molecule has 0 aromatic rings. The highest BCUT2D eigenvalue weighted by atomic mass is 16.3. The first-order chi connectivity index (χ1) is 8.34. The normalized spacial score (nSPS) is 35.8. The number of nitrogens with zero attached hydrogens (tertiary/aromatic N) is 1. The third-order valence-corrected chi connectivity index (χ3v) is 4.55. The summed E-state index contributed by atoms with van der Waals surface area (Å²) in [6.45, 7) is 9.10. The van der Waals surface area contributed by atoms with Crippen LogP contribution in [0.15, 0.2) is 0 Å². The average molecular weight is 254 g/mol. The fraction of sp³-hybridized carbons (Fsp3) is 0.929. The van der Waals surface area contributed by atoms with Crippen molar-refractivity contribution >= 4 is 5.91 Å². The van der Waals surface area contributed by atoms with Gasteiger partial charge in [-0.3, -0.25) is 4.79 Å². The minimum atomic E-state index is -0.270. The van der Waals surface area contributed by atoms with E-state index in [2.05, 4.69) is 33.0 Å². The lowest BCUT2D eigenvalue weighted by Crippen LogP contribution is -2.66. The van der Waals surface area contributed by atoms with Crippen LogP contribution in [0.5, 0.6) is 0 Å². The molecule has 104 valence electrons. The Morgan fingerprint density at radius 2 is 2.11 bits per heavy atom. The number of nitrogens with one attached hydrogen (secondary N) is 1. The molecule has 2 fully saturated rings. The van der Waals surface area contributed by atoms with Gasteiger partial charge in [-0.25, -0.2) is 0 Å². The summed E-state index contributed by atoms with van der Waals surface area (Å²) in [7, 11) is 0. The number of amides is 1. The maximum atomic E-state index is 12.5. The molecule has 1 aliphatic carbocycles. The second-order valence-corrected chi connectivity index (χ2v) is 6.64. The van der Waals surface area contributed by atoms with Crippen molar-refractivity contribution in [2.24, 2.45) is 5.41 Å². The van der Waals surface area contributed by atoms with Crippen LogP contribution in [-0.2, 0) is 4.79 Å². The molecule has 4 heteroatoms. The lowest BCUT2D eigenvalue weighted by atomic mass is 9.63. The molecule has 2 aliphatic rings. The molecule has 0 bridgehead atoms. The molecule has 2 rings (SSSR count). The van der Waals surface area contributed by atoms with Crippen LogP contribution in [0.25, 0.3) is 0 Å². The first kappa shape index (κ1) is 13.8. The van der Waals surface area contributed by atoms with Crippen molar-refractivity contribution in [3.8, 4) is 0 Å². The molecule has 0 spiro atoms. The molecule has 18 heavy (non-hydrogen) atoms. The van der Waals surface area contributed by atoms with Crippen molar-refractivity contribution in [2.45, 2.75) is 71.2 Å². The zero-order valence-electron chi connectivity index (χ0n) is 11.9. The van der Waals surface area contributed by atoms with Gasteiger partial charge >= 0.3 is 0 Å². The van der Waals surface area contributed by atoms with E-state index < -0.39 is 0 Å². The molecule has 1 saturated carbocycles. The quantitative estimate of drug-likeness (QED) is 0.794. The fourth-order valence-corrected chi connectivity index (χ4v) is 3.18. The second-order valence-electron chi connectivity index (χ2n) is 6.64. The summed E-state index contributed by atoms with van der Waals surface area (Å²) in [4.78, 5) is 14.5. The molecule has 3 atom stereocenters. The first-order valence-electron chi connectivity index (χ1n) is 7.08. The smallest absolute Gasteiger partial charge is 0.239 e. The van der Waals surface area contributed by atoms with E-state index in [1.807, 2.05) is 4.90 Å². The number of rotatable bonds is 3. The summed E-state index contributed by atoms with van der Waals surface area (Å²) in [5.74, 6) is 0.222. The first-order valence-corrected chi connectivity index (χ1v) is 7.08. The molecule has 0 radical (unpaired) electrons. The standard InChI is InChI=1S/C14H26N2O2/c1-9(2)15-10-6-5-7-16(13(10)18)11-8-12(17)14(11,3)4/h9-12,15,17H,5-8H2,1-4H3. The lowest BCUT2D eigenvalue weighted by Gasteiger charge is -2.55. The van der Waals surface area contributed by atoms with Crippen LogP contribution in [-0.4, -0.2) is 46.7 Å². The molecule has 0 aromatic carbocycles. The summed E-state index contributed by atoms with van der Waals surface area (Å²) in [5.41, 5.74) is -0.157. The lowest BCUT2D eigenvalue weighted by molar-refractivity contribution is -0.161. The van der Waals surface area contributed by atoms with Crippen LogP contribution in [0.1, 0.15) is 47.0 Å². The zero-order chi connectivity index (χ0) is 13.5. The number of likely N-dealkylation sites (tertiary alicyclic amines) is 1. The molecule has 1 saturated heterocycles. The summed E-state index contributed by atoms with van der Waals surface area (Å²) in [6.07, 6.45) is 2.45. The van der Waals surface area contributed by atoms with E-state index in [0.717, 1.165) is 25.8 Å². The highest BCUT2D eigenvalue weighted by Gasteiger charge is 2.52. The van der Waals surface area contributed by atoms with Crippen molar-refractivity contribution in [1.29, 1.82) is 0 Å². The number of carbonyl (C=O) groups is 1. The number of piperidine rings is 1. The number of hydrogen-bond acceptors (Lipinski definition) is 3. The Kier molecular flexibility index (Phi) is 3.70. The minimum absolute atomic E-state index is 0.0349. The van der Waals surface area contributed by atoms with Crippen LogP contribution in [0.4, 0.5) is 0 Å². The number of hydrogen-bond donors (Lipinski definition) is 2. The molecule has 3 unspecified atom stereocenters. The van der Waals surface area contributed by atoms with Gasteiger partial charge < -0.3 is 15.3 Å². The predicted octanol–water partition coefficient (Wildman–Crippen LogP) is 1.13. The Balaban J connectivity index is 2.03. The topological polar surface area (TPSA) is 52.6 Å². The Morgan fingerprint density at radius 3 is 2.61 bits per heavy atom. The van der Waals surface area contributed by atoms with E-state index >= 15 is 0 Å². The summed E-state index contributed by atoms with van der Waals surface area (Å²) in [6, 6.07) is 0.503. The fourth-order valence-electron chi connectivity index (χ4n) is 3.18. The zero-order valence-corrected chi connectivity index (χ0v) is 11.9. The van der Waals surface area contributed by atoms with Gasteiger partial charge in [-0.1, -0.05) is 27.7 Å². The van der Waals surface area contributed by atoms with E-state index in [4.69, 9.17) is 0 Å². The Morgan fingerprint density at radius 1 is 1.44 bits per heavy atom. The third-order valence-electron chi connectivity index (χ3n) is 4.55. The van der Waals surface area contributed by atoms with Crippen LogP contribution >= 0.6 is 0 Å². The van der Waals surface area contributed by atoms with E-state index in [1.165, 1.54) is 0 Å². The van der Waals surface area contributed by atoms with Crippen LogP contribution in [0.2, 0.25) is 0 Å². The highest BCUT2D eigenvalue weighted by Crippen LogP contribution is 2.44.